The van der Waals surface area contributed by atoms with Gasteiger partial charge in [-0.05, 0) is 30.7 Å². The van der Waals surface area contributed by atoms with E-state index in [1.54, 1.807) is 6.92 Å². The number of benzene rings is 1. The van der Waals surface area contributed by atoms with Gasteiger partial charge in [-0.15, -0.1) is 0 Å². The molecule has 0 fully saturated rings. The fraction of sp³-hybridized carbons (Fsp3) is 0.273. The molecule has 2 aromatic rings. The van der Waals surface area contributed by atoms with Crippen LogP contribution in [0, 0.1) is 0 Å². The van der Waals surface area contributed by atoms with E-state index in [4.69, 9.17) is 11.6 Å². The molecule has 1 heterocycles. The summed E-state index contributed by atoms with van der Waals surface area (Å²) in [7, 11) is 0. The predicted octanol–water partition coefficient (Wildman–Crippen LogP) is 1.14. The van der Waals surface area contributed by atoms with Crippen LogP contribution in [0.1, 0.15) is 6.92 Å². The lowest BCUT2D eigenvalue weighted by atomic mass is 10.2. The van der Waals surface area contributed by atoms with Gasteiger partial charge in [-0.1, -0.05) is 0 Å². The second-order valence-corrected chi connectivity index (χ2v) is 4.19. The van der Waals surface area contributed by atoms with Crippen molar-refractivity contribution in [3.63, 3.8) is 0 Å². The smallest absolute Gasteiger partial charge is 0.262 e. The number of aromatic nitrogens is 2. The van der Waals surface area contributed by atoms with E-state index < -0.39 is 6.10 Å². The summed E-state index contributed by atoms with van der Waals surface area (Å²) in [6.45, 7) is 1.64. The first-order chi connectivity index (χ1) is 7.99. The Hall–Kier alpha value is -1.59. The van der Waals surface area contributed by atoms with Gasteiger partial charge in [-0.3, -0.25) is 9.36 Å². The van der Waals surface area contributed by atoms with Gasteiger partial charge in [0.1, 0.15) is 5.75 Å². The quantitative estimate of drug-likeness (QED) is 0.788. The molecule has 6 heteroatoms. The van der Waals surface area contributed by atoms with Gasteiger partial charge in [-0.25, -0.2) is 4.98 Å². The molecule has 0 bridgehead atoms. The van der Waals surface area contributed by atoms with Crippen molar-refractivity contribution in [2.24, 2.45) is 0 Å². The molecule has 0 aliphatic rings. The number of fused-ring (bicyclic) bond motifs is 1. The van der Waals surface area contributed by atoms with Crippen LogP contribution < -0.4 is 5.56 Å². The van der Waals surface area contributed by atoms with Crippen LogP contribution in [-0.4, -0.2) is 25.9 Å². The van der Waals surface area contributed by atoms with Gasteiger partial charge >= 0.3 is 0 Å². The molecule has 5 nitrogen and oxygen atoms in total. The Balaban J connectivity index is 2.72. The highest BCUT2D eigenvalue weighted by molar-refractivity contribution is 6.28. The molecule has 17 heavy (non-hydrogen) atoms. The van der Waals surface area contributed by atoms with Gasteiger partial charge in [0.15, 0.2) is 0 Å². The first-order valence-electron chi connectivity index (χ1n) is 5.06. The minimum atomic E-state index is -0.693. The number of phenols is 1. The van der Waals surface area contributed by atoms with Crippen LogP contribution in [0.25, 0.3) is 10.9 Å². The van der Waals surface area contributed by atoms with Crippen LogP contribution in [0.5, 0.6) is 5.75 Å². The summed E-state index contributed by atoms with van der Waals surface area (Å²) >= 11 is 5.86. The Morgan fingerprint density at radius 1 is 1.53 bits per heavy atom. The molecule has 2 N–H and O–H groups in total. The molecule has 0 aliphatic carbocycles. The van der Waals surface area contributed by atoms with Gasteiger partial charge < -0.3 is 10.2 Å². The van der Waals surface area contributed by atoms with Crippen molar-refractivity contribution in [2.45, 2.75) is 19.6 Å². The van der Waals surface area contributed by atoms with Crippen molar-refractivity contribution in [2.75, 3.05) is 0 Å². The molecule has 0 saturated carbocycles. The number of rotatable bonds is 2. The molecule has 0 aliphatic heterocycles. The van der Waals surface area contributed by atoms with E-state index in [0.717, 1.165) is 0 Å². The predicted molar refractivity (Wildman–Crippen MR) is 64.4 cm³/mol. The number of aromatic hydroxyl groups is 1. The van der Waals surface area contributed by atoms with E-state index >= 15 is 0 Å². The lowest BCUT2D eigenvalue weighted by Crippen LogP contribution is -2.26. The van der Waals surface area contributed by atoms with E-state index in [2.05, 4.69) is 4.98 Å². The van der Waals surface area contributed by atoms with Crippen molar-refractivity contribution in [1.82, 2.24) is 9.55 Å². The van der Waals surface area contributed by atoms with Gasteiger partial charge in [0.2, 0.25) is 5.28 Å². The highest BCUT2D eigenvalue weighted by Gasteiger charge is 2.11. The van der Waals surface area contributed by atoms with E-state index in [9.17, 15) is 15.0 Å². The minimum Gasteiger partial charge on any atom is -0.508 e. The summed E-state index contributed by atoms with van der Waals surface area (Å²) in [5.41, 5.74) is 0.00254. The van der Waals surface area contributed by atoms with Crippen LogP contribution >= 0.6 is 11.6 Å². The van der Waals surface area contributed by atoms with Crippen LogP contribution in [0.4, 0.5) is 0 Å². The number of nitrogens with zero attached hydrogens (tertiary/aromatic N) is 2. The summed E-state index contributed by atoms with van der Waals surface area (Å²) in [6.07, 6.45) is -0.693. The summed E-state index contributed by atoms with van der Waals surface area (Å²) in [5.74, 6) is 0.0220. The molecule has 0 saturated heterocycles. The largest absolute Gasteiger partial charge is 0.508 e. The Morgan fingerprint density at radius 3 is 2.88 bits per heavy atom. The molecule has 0 radical (unpaired) electrons. The fourth-order valence-corrected chi connectivity index (χ4v) is 1.84. The van der Waals surface area contributed by atoms with Gasteiger partial charge in [0, 0.05) is 6.07 Å². The Bertz CT molecular complexity index is 622. The van der Waals surface area contributed by atoms with Crippen molar-refractivity contribution in [3.8, 4) is 5.75 Å². The fourth-order valence-electron chi connectivity index (χ4n) is 1.60. The number of aliphatic hydroxyl groups is 1. The third kappa shape index (κ3) is 2.25. The van der Waals surface area contributed by atoms with Crippen LogP contribution in [0.2, 0.25) is 5.28 Å². The maximum absolute atomic E-state index is 12.0. The molecule has 0 spiro atoms. The van der Waals surface area contributed by atoms with E-state index in [0.29, 0.717) is 10.9 Å². The summed E-state index contributed by atoms with van der Waals surface area (Å²) in [6, 6.07) is 4.26. The average Bonchev–Trinajstić information content (AvgIpc) is 2.23. The molecule has 90 valence electrons. The Morgan fingerprint density at radius 2 is 2.24 bits per heavy atom. The van der Waals surface area contributed by atoms with Gasteiger partial charge in [0.25, 0.3) is 5.56 Å². The third-order valence-electron chi connectivity index (χ3n) is 2.34. The van der Waals surface area contributed by atoms with Crippen molar-refractivity contribution < 1.29 is 10.2 Å². The van der Waals surface area contributed by atoms with Crippen molar-refractivity contribution in [3.05, 3.63) is 33.8 Å². The lowest BCUT2D eigenvalue weighted by molar-refractivity contribution is 0.172. The Kier molecular flexibility index (Phi) is 3.04. The summed E-state index contributed by atoms with van der Waals surface area (Å²) in [4.78, 5) is 16.0. The molecule has 1 aromatic heterocycles. The highest BCUT2D eigenvalue weighted by Crippen LogP contribution is 2.17. The SMILES string of the molecule is CC(O)Cn1c(Cl)nc2cc(O)ccc2c1=O. The lowest BCUT2D eigenvalue weighted by Gasteiger charge is -2.10. The second-order valence-electron chi connectivity index (χ2n) is 3.85. The molecule has 1 atom stereocenters. The van der Waals surface area contributed by atoms with Crippen LogP contribution in [0.3, 0.4) is 0 Å². The molecular formula is C11H11ClN2O3. The maximum atomic E-state index is 12.0. The standard InChI is InChI=1S/C11H11ClN2O3/c1-6(15)5-14-10(17)8-3-2-7(16)4-9(8)13-11(14)12/h2-4,6,15-16H,5H2,1H3. The summed E-state index contributed by atoms with van der Waals surface area (Å²) in [5, 5.41) is 18.9. The van der Waals surface area contributed by atoms with E-state index in [1.165, 1.54) is 22.8 Å². The topological polar surface area (TPSA) is 75.3 Å². The third-order valence-corrected chi connectivity index (χ3v) is 2.63. The first-order valence-corrected chi connectivity index (χ1v) is 5.44. The zero-order chi connectivity index (χ0) is 12.6. The molecule has 1 unspecified atom stereocenters. The zero-order valence-corrected chi connectivity index (χ0v) is 9.85. The molecular weight excluding hydrogens is 244 g/mol. The number of aliphatic hydroxyl groups excluding tert-OH is 1. The van der Waals surface area contributed by atoms with Gasteiger partial charge in [0.05, 0.1) is 23.6 Å². The first kappa shape index (κ1) is 11.9. The monoisotopic (exact) mass is 254 g/mol. The number of halogens is 1. The summed E-state index contributed by atoms with van der Waals surface area (Å²) < 4.78 is 1.20. The van der Waals surface area contributed by atoms with Gasteiger partial charge in [-0.2, -0.15) is 0 Å². The number of phenolic OH excluding ortho intramolecular Hbond substituents is 1. The minimum absolute atomic E-state index is 0.00556. The van der Waals surface area contributed by atoms with Crippen LogP contribution in [0.15, 0.2) is 23.0 Å². The average molecular weight is 255 g/mol. The van der Waals surface area contributed by atoms with Crippen LogP contribution in [-0.2, 0) is 6.54 Å². The second kappa shape index (κ2) is 4.35. The highest BCUT2D eigenvalue weighted by atomic mass is 35.5. The van der Waals surface area contributed by atoms with Crippen molar-refractivity contribution >= 4 is 22.5 Å². The molecule has 2 rings (SSSR count). The Labute approximate surface area is 102 Å². The van der Waals surface area contributed by atoms with E-state index in [-0.39, 0.29) is 23.1 Å². The molecule has 0 amide bonds. The normalized spacial score (nSPS) is 12.9. The number of hydrogen-bond acceptors (Lipinski definition) is 4. The molecule has 1 aromatic carbocycles. The number of hydrogen-bond donors (Lipinski definition) is 2. The maximum Gasteiger partial charge on any atom is 0.262 e. The van der Waals surface area contributed by atoms with Crippen molar-refractivity contribution in [1.29, 1.82) is 0 Å². The zero-order valence-electron chi connectivity index (χ0n) is 9.09. The van der Waals surface area contributed by atoms with E-state index in [1.807, 2.05) is 0 Å².